The van der Waals surface area contributed by atoms with E-state index in [1.807, 2.05) is 0 Å². The van der Waals surface area contributed by atoms with E-state index < -0.39 is 10.7 Å². The van der Waals surface area contributed by atoms with Crippen LogP contribution >= 0.6 is 11.6 Å². The second-order valence-electron chi connectivity index (χ2n) is 3.99. The highest BCUT2D eigenvalue weighted by atomic mass is 35.5. The Hall–Kier alpha value is -2.34. The fraction of sp³-hybridized carbons (Fsp3) is 0.0769. The van der Waals surface area contributed by atoms with Gasteiger partial charge in [-0.15, -0.1) is 0 Å². The van der Waals surface area contributed by atoms with Crippen LogP contribution in [-0.2, 0) is 6.61 Å². The van der Waals surface area contributed by atoms with E-state index in [0.717, 1.165) is 0 Å². The van der Waals surface area contributed by atoms with Crippen LogP contribution in [0.3, 0.4) is 0 Å². The van der Waals surface area contributed by atoms with Crippen LogP contribution in [0.1, 0.15) is 5.56 Å². The molecule has 20 heavy (non-hydrogen) atoms. The summed E-state index contributed by atoms with van der Waals surface area (Å²) in [5, 5.41) is 10.7. The third-order valence-electron chi connectivity index (χ3n) is 2.60. The Kier molecular flexibility index (Phi) is 4.05. The molecule has 0 aliphatic heterocycles. The molecular formula is C13H10ClFN2O3. The highest BCUT2D eigenvalue weighted by Crippen LogP contribution is 2.26. The number of nitrogens with two attached hydrogens (primary N) is 1. The van der Waals surface area contributed by atoms with Gasteiger partial charge in [0.15, 0.2) is 11.6 Å². The van der Waals surface area contributed by atoms with Gasteiger partial charge < -0.3 is 10.5 Å². The molecule has 0 saturated carbocycles. The van der Waals surface area contributed by atoms with Crippen molar-refractivity contribution in [2.45, 2.75) is 6.61 Å². The molecule has 0 aliphatic carbocycles. The third-order valence-corrected chi connectivity index (χ3v) is 2.89. The highest BCUT2D eigenvalue weighted by molar-refractivity contribution is 6.30. The van der Waals surface area contributed by atoms with Gasteiger partial charge >= 0.3 is 0 Å². The van der Waals surface area contributed by atoms with Gasteiger partial charge in [0.1, 0.15) is 12.3 Å². The summed E-state index contributed by atoms with van der Waals surface area (Å²) in [7, 11) is 0. The average Bonchev–Trinajstić information content (AvgIpc) is 2.41. The zero-order chi connectivity index (χ0) is 14.7. The molecule has 2 aromatic carbocycles. The molecule has 0 bridgehead atoms. The molecule has 0 amide bonds. The summed E-state index contributed by atoms with van der Waals surface area (Å²) in [5.74, 6) is -0.684. The van der Waals surface area contributed by atoms with E-state index in [1.165, 1.54) is 24.3 Å². The zero-order valence-corrected chi connectivity index (χ0v) is 10.9. The standard InChI is InChI=1S/C13H10ClFN2O3/c14-9-2-1-3-12(13(9)15)20-7-8-4-5-10(16)11(6-8)17(18)19/h1-6H,7,16H2. The van der Waals surface area contributed by atoms with Gasteiger partial charge in [-0.2, -0.15) is 0 Å². The second kappa shape index (κ2) is 5.75. The van der Waals surface area contributed by atoms with E-state index >= 15 is 0 Å². The lowest BCUT2D eigenvalue weighted by atomic mass is 10.2. The monoisotopic (exact) mass is 296 g/mol. The van der Waals surface area contributed by atoms with E-state index in [1.54, 1.807) is 12.1 Å². The Bertz CT molecular complexity index is 664. The van der Waals surface area contributed by atoms with Crippen LogP contribution in [0.2, 0.25) is 5.02 Å². The lowest BCUT2D eigenvalue weighted by molar-refractivity contribution is -0.384. The van der Waals surface area contributed by atoms with E-state index in [-0.39, 0.29) is 28.8 Å². The van der Waals surface area contributed by atoms with E-state index in [9.17, 15) is 14.5 Å². The molecule has 0 atom stereocenters. The minimum absolute atomic E-state index is 0.0167. The molecule has 0 saturated heterocycles. The van der Waals surface area contributed by atoms with Gasteiger partial charge in [-0.3, -0.25) is 10.1 Å². The number of nitrogens with zero attached hydrogens (tertiary/aromatic N) is 1. The molecule has 2 aromatic rings. The summed E-state index contributed by atoms with van der Waals surface area (Å²) in [6.45, 7) is -0.0294. The lowest BCUT2D eigenvalue weighted by Crippen LogP contribution is -2.01. The summed E-state index contributed by atoms with van der Waals surface area (Å²) in [6, 6.07) is 8.64. The fourth-order valence-corrected chi connectivity index (χ4v) is 1.76. The molecule has 5 nitrogen and oxygen atoms in total. The lowest BCUT2D eigenvalue weighted by Gasteiger charge is -2.08. The zero-order valence-electron chi connectivity index (χ0n) is 10.2. The summed E-state index contributed by atoms with van der Waals surface area (Å²) < 4.78 is 18.8. The van der Waals surface area contributed by atoms with Gasteiger partial charge in [-0.25, -0.2) is 4.39 Å². The molecule has 2 rings (SSSR count). The second-order valence-corrected chi connectivity index (χ2v) is 4.40. The molecule has 0 spiro atoms. The van der Waals surface area contributed by atoms with Crippen molar-refractivity contribution in [2.75, 3.05) is 5.73 Å². The van der Waals surface area contributed by atoms with Crippen LogP contribution in [0.4, 0.5) is 15.8 Å². The van der Waals surface area contributed by atoms with Crippen molar-refractivity contribution in [3.63, 3.8) is 0 Å². The van der Waals surface area contributed by atoms with E-state index in [4.69, 9.17) is 22.1 Å². The Morgan fingerprint density at radius 2 is 2.10 bits per heavy atom. The molecule has 0 heterocycles. The van der Waals surface area contributed by atoms with Crippen molar-refractivity contribution in [3.8, 4) is 5.75 Å². The van der Waals surface area contributed by atoms with Gasteiger partial charge in [-0.1, -0.05) is 23.7 Å². The van der Waals surface area contributed by atoms with Gasteiger partial charge in [0.25, 0.3) is 5.69 Å². The molecule has 0 unspecified atom stereocenters. The summed E-state index contributed by atoms with van der Waals surface area (Å²) in [6.07, 6.45) is 0. The summed E-state index contributed by atoms with van der Waals surface area (Å²) in [4.78, 5) is 10.2. The normalized spacial score (nSPS) is 10.3. The molecule has 0 fully saturated rings. The predicted octanol–water partition coefficient (Wildman–Crippen LogP) is 3.55. The first-order chi connectivity index (χ1) is 9.49. The van der Waals surface area contributed by atoms with Gasteiger partial charge in [0.05, 0.1) is 9.95 Å². The number of nitro groups is 1. The topological polar surface area (TPSA) is 78.4 Å². The Labute approximate surface area is 118 Å². The number of benzene rings is 2. The van der Waals surface area contributed by atoms with E-state index in [0.29, 0.717) is 5.56 Å². The number of nitrogen functional groups attached to an aromatic ring is 1. The molecule has 0 radical (unpaired) electrons. The first-order valence-corrected chi connectivity index (χ1v) is 5.96. The number of anilines is 1. The number of nitro benzene ring substituents is 1. The van der Waals surface area contributed by atoms with Gasteiger partial charge in [0.2, 0.25) is 0 Å². The van der Waals surface area contributed by atoms with Crippen LogP contribution < -0.4 is 10.5 Å². The maximum Gasteiger partial charge on any atom is 0.292 e. The SMILES string of the molecule is Nc1ccc(COc2cccc(Cl)c2F)cc1[N+](=O)[O-]. The van der Waals surface area contributed by atoms with Crippen molar-refractivity contribution in [2.24, 2.45) is 0 Å². The number of rotatable bonds is 4. The van der Waals surface area contributed by atoms with Gasteiger partial charge in [-0.05, 0) is 23.8 Å². The minimum atomic E-state index is -0.667. The molecule has 0 aromatic heterocycles. The maximum absolute atomic E-state index is 13.6. The van der Waals surface area contributed by atoms with Crippen molar-refractivity contribution >= 4 is 23.0 Å². The van der Waals surface area contributed by atoms with Crippen LogP contribution in [0.15, 0.2) is 36.4 Å². The Morgan fingerprint density at radius 3 is 2.80 bits per heavy atom. The number of hydrogen-bond donors (Lipinski definition) is 1. The quantitative estimate of drug-likeness (QED) is 0.531. The number of halogens is 2. The molecule has 2 N–H and O–H groups in total. The predicted molar refractivity (Wildman–Crippen MR) is 73.3 cm³/mol. The van der Waals surface area contributed by atoms with Gasteiger partial charge in [0, 0.05) is 6.07 Å². The van der Waals surface area contributed by atoms with E-state index in [2.05, 4.69) is 0 Å². The molecule has 7 heteroatoms. The molecule has 0 aliphatic rings. The summed E-state index contributed by atoms with van der Waals surface area (Å²) >= 11 is 5.62. The maximum atomic E-state index is 13.6. The van der Waals surface area contributed by atoms with Crippen molar-refractivity contribution in [3.05, 3.63) is 62.9 Å². The first-order valence-electron chi connectivity index (χ1n) is 5.58. The Balaban J connectivity index is 2.17. The van der Waals surface area contributed by atoms with Crippen LogP contribution in [0, 0.1) is 15.9 Å². The van der Waals surface area contributed by atoms with Crippen molar-refractivity contribution in [1.29, 1.82) is 0 Å². The third kappa shape index (κ3) is 2.97. The minimum Gasteiger partial charge on any atom is -0.486 e. The number of hydrogen-bond acceptors (Lipinski definition) is 4. The fourth-order valence-electron chi connectivity index (χ4n) is 1.59. The van der Waals surface area contributed by atoms with Crippen LogP contribution in [0.25, 0.3) is 0 Å². The smallest absolute Gasteiger partial charge is 0.292 e. The first kappa shape index (κ1) is 14.1. The Morgan fingerprint density at radius 1 is 1.35 bits per heavy atom. The van der Waals surface area contributed by atoms with Crippen molar-refractivity contribution in [1.82, 2.24) is 0 Å². The van der Waals surface area contributed by atoms with Crippen LogP contribution in [-0.4, -0.2) is 4.92 Å². The number of ether oxygens (including phenoxy) is 1. The largest absolute Gasteiger partial charge is 0.486 e. The van der Waals surface area contributed by atoms with Crippen molar-refractivity contribution < 1.29 is 14.1 Å². The average molecular weight is 297 g/mol. The molecule has 104 valence electrons. The summed E-state index contributed by atoms with van der Waals surface area (Å²) in [5.41, 5.74) is 5.84. The van der Waals surface area contributed by atoms with Crippen LogP contribution in [0.5, 0.6) is 5.75 Å². The highest BCUT2D eigenvalue weighted by Gasteiger charge is 2.13. The molecular weight excluding hydrogens is 287 g/mol.